The number of benzene rings is 1. The molecule has 1 saturated carbocycles. The topological polar surface area (TPSA) is 12.0 Å². The average molecular weight is 287 g/mol. The van der Waals surface area contributed by atoms with Gasteiger partial charge < -0.3 is 5.32 Å². The fourth-order valence-corrected chi connectivity index (χ4v) is 3.62. The maximum absolute atomic E-state index is 3.91. The Balaban J connectivity index is 1.92. The van der Waals surface area contributed by atoms with Crippen LogP contribution < -0.4 is 5.32 Å². The van der Waals surface area contributed by atoms with Gasteiger partial charge in [-0.3, -0.25) is 0 Å². The van der Waals surface area contributed by atoms with Crippen molar-refractivity contribution in [3.63, 3.8) is 0 Å². The lowest BCUT2D eigenvalue weighted by molar-refractivity contribution is 0.198. The highest BCUT2D eigenvalue weighted by atomic mass is 14.9. The Bertz CT molecular complexity index is 378. The highest BCUT2D eigenvalue weighted by Crippen LogP contribution is 2.35. The summed E-state index contributed by atoms with van der Waals surface area (Å²) >= 11 is 0. The summed E-state index contributed by atoms with van der Waals surface area (Å²) in [5, 5.41) is 3.91. The third-order valence-corrected chi connectivity index (χ3v) is 5.13. The molecule has 0 aliphatic heterocycles. The van der Waals surface area contributed by atoms with Gasteiger partial charge in [-0.25, -0.2) is 0 Å². The van der Waals surface area contributed by atoms with Crippen molar-refractivity contribution in [2.75, 3.05) is 6.54 Å². The SMILES string of the molecule is CCCCCC(NCC1(C)CCCCC1)c1ccccc1. The summed E-state index contributed by atoms with van der Waals surface area (Å²) < 4.78 is 0. The second-order valence-corrected chi connectivity index (χ2v) is 7.21. The van der Waals surface area contributed by atoms with Gasteiger partial charge in [0.25, 0.3) is 0 Å². The van der Waals surface area contributed by atoms with Gasteiger partial charge in [0, 0.05) is 12.6 Å². The van der Waals surface area contributed by atoms with Crippen molar-refractivity contribution in [3.8, 4) is 0 Å². The van der Waals surface area contributed by atoms with E-state index in [-0.39, 0.29) is 0 Å². The van der Waals surface area contributed by atoms with Crippen molar-refractivity contribution in [3.05, 3.63) is 35.9 Å². The Kier molecular flexibility index (Phi) is 6.76. The summed E-state index contributed by atoms with van der Waals surface area (Å²) in [5.41, 5.74) is 1.99. The van der Waals surface area contributed by atoms with Gasteiger partial charge in [0.15, 0.2) is 0 Å². The molecule has 1 aliphatic carbocycles. The molecule has 1 aromatic carbocycles. The minimum absolute atomic E-state index is 0.524. The molecule has 0 bridgehead atoms. The zero-order chi connectivity index (χ0) is 15.0. The van der Waals surface area contributed by atoms with E-state index in [1.54, 1.807) is 0 Å². The average Bonchev–Trinajstić information content (AvgIpc) is 2.52. The van der Waals surface area contributed by atoms with Crippen molar-refractivity contribution in [2.45, 2.75) is 77.7 Å². The summed E-state index contributed by atoms with van der Waals surface area (Å²) in [6, 6.07) is 11.6. The summed E-state index contributed by atoms with van der Waals surface area (Å²) in [5.74, 6) is 0. The number of hydrogen-bond donors (Lipinski definition) is 1. The second kappa shape index (κ2) is 8.58. The summed E-state index contributed by atoms with van der Waals surface area (Å²) in [4.78, 5) is 0. The normalized spacial score (nSPS) is 19.3. The first-order valence-electron chi connectivity index (χ1n) is 9.02. The highest BCUT2D eigenvalue weighted by molar-refractivity contribution is 5.18. The molecule has 0 spiro atoms. The van der Waals surface area contributed by atoms with Crippen LogP contribution in [0.4, 0.5) is 0 Å². The smallest absolute Gasteiger partial charge is 0.0320 e. The quantitative estimate of drug-likeness (QED) is 0.590. The van der Waals surface area contributed by atoms with Crippen LogP contribution in [-0.2, 0) is 0 Å². The van der Waals surface area contributed by atoms with Crippen LogP contribution in [0.5, 0.6) is 0 Å². The molecule has 1 heteroatoms. The molecule has 1 N–H and O–H groups in total. The fraction of sp³-hybridized carbons (Fsp3) is 0.700. The van der Waals surface area contributed by atoms with E-state index in [4.69, 9.17) is 0 Å². The summed E-state index contributed by atoms with van der Waals surface area (Å²) in [6.07, 6.45) is 12.3. The Morgan fingerprint density at radius 3 is 2.43 bits per heavy atom. The molecule has 1 unspecified atom stereocenters. The largest absolute Gasteiger partial charge is 0.309 e. The molecule has 1 aromatic rings. The molecule has 1 atom stereocenters. The Labute approximate surface area is 131 Å². The molecule has 1 nitrogen and oxygen atoms in total. The molecular weight excluding hydrogens is 254 g/mol. The van der Waals surface area contributed by atoms with E-state index in [9.17, 15) is 0 Å². The lowest BCUT2D eigenvalue weighted by atomic mass is 9.75. The van der Waals surface area contributed by atoms with Gasteiger partial charge in [-0.15, -0.1) is 0 Å². The molecule has 2 rings (SSSR count). The van der Waals surface area contributed by atoms with Crippen LogP contribution >= 0.6 is 0 Å². The van der Waals surface area contributed by atoms with Gasteiger partial charge in [0.2, 0.25) is 0 Å². The zero-order valence-corrected chi connectivity index (χ0v) is 14.0. The highest BCUT2D eigenvalue weighted by Gasteiger charge is 2.27. The van der Waals surface area contributed by atoms with E-state index >= 15 is 0 Å². The van der Waals surface area contributed by atoms with Gasteiger partial charge in [0.05, 0.1) is 0 Å². The van der Waals surface area contributed by atoms with Gasteiger partial charge in [0.1, 0.15) is 0 Å². The molecule has 1 aliphatic rings. The van der Waals surface area contributed by atoms with Gasteiger partial charge >= 0.3 is 0 Å². The molecule has 0 saturated heterocycles. The minimum Gasteiger partial charge on any atom is -0.309 e. The monoisotopic (exact) mass is 287 g/mol. The van der Waals surface area contributed by atoms with Gasteiger partial charge in [-0.2, -0.15) is 0 Å². The lowest BCUT2D eigenvalue weighted by Gasteiger charge is -2.35. The molecular formula is C20H33N. The Morgan fingerprint density at radius 1 is 1.05 bits per heavy atom. The van der Waals surface area contributed by atoms with Crippen molar-refractivity contribution in [1.29, 1.82) is 0 Å². The van der Waals surface area contributed by atoms with Crippen molar-refractivity contribution < 1.29 is 0 Å². The first-order chi connectivity index (χ1) is 10.2. The van der Waals surface area contributed by atoms with Gasteiger partial charge in [-0.05, 0) is 30.2 Å². The fourth-order valence-electron chi connectivity index (χ4n) is 3.62. The zero-order valence-electron chi connectivity index (χ0n) is 14.0. The molecule has 0 radical (unpaired) electrons. The van der Waals surface area contributed by atoms with Crippen LogP contribution in [0.2, 0.25) is 0 Å². The first kappa shape index (κ1) is 16.5. The van der Waals surface area contributed by atoms with E-state index in [2.05, 4.69) is 49.5 Å². The number of unbranched alkanes of at least 4 members (excludes halogenated alkanes) is 2. The van der Waals surface area contributed by atoms with Crippen LogP contribution in [0.1, 0.15) is 83.2 Å². The van der Waals surface area contributed by atoms with Gasteiger partial charge in [-0.1, -0.05) is 82.7 Å². The van der Waals surface area contributed by atoms with E-state index in [1.165, 1.54) is 69.9 Å². The third kappa shape index (κ3) is 5.47. The molecule has 118 valence electrons. The molecule has 0 aromatic heterocycles. The second-order valence-electron chi connectivity index (χ2n) is 7.21. The van der Waals surface area contributed by atoms with E-state index in [1.807, 2.05) is 0 Å². The standard InChI is InChI=1S/C20H33N/c1-3-4-7-14-19(18-12-8-5-9-13-18)21-17-20(2)15-10-6-11-16-20/h5,8-9,12-13,19,21H,3-4,6-7,10-11,14-17H2,1-2H3. The van der Waals surface area contributed by atoms with Crippen molar-refractivity contribution >= 4 is 0 Å². The van der Waals surface area contributed by atoms with Crippen molar-refractivity contribution in [1.82, 2.24) is 5.32 Å². The van der Waals surface area contributed by atoms with Crippen LogP contribution in [0.3, 0.4) is 0 Å². The maximum atomic E-state index is 3.91. The summed E-state index contributed by atoms with van der Waals surface area (Å²) in [7, 11) is 0. The predicted molar refractivity (Wildman–Crippen MR) is 92.5 cm³/mol. The van der Waals surface area contributed by atoms with Crippen LogP contribution in [0.25, 0.3) is 0 Å². The maximum Gasteiger partial charge on any atom is 0.0320 e. The van der Waals surface area contributed by atoms with Crippen LogP contribution in [0, 0.1) is 5.41 Å². The number of hydrogen-bond acceptors (Lipinski definition) is 1. The van der Waals surface area contributed by atoms with Crippen LogP contribution in [0.15, 0.2) is 30.3 Å². The molecule has 1 fully saturated rings. The third-order valence-electron chi connectivity index (χ3n) is 5.13. The number of nitrogens with one attached hydrogen (secondary N) is 1. The summed E-state index contributed by atoms with van der Waals surface area (Å²) in [6.45, 7) is 5.94. The Morgan fingerprint density at radius 2 is 1.76 bits per heavy atom. The first-order valence-corrected chi connectivity index (χ1v) is 9.02. The minimum atomic E-state index is 0.524. The Hall–Kier alpha value is -0.820. The predicted octanol–water partition coefficient (Wildman–Crippen LogP) is 5.87. The molecule has 0 heterocycles. The lowest BCUT2D eigenvalue weighted by Crippen LogP contribution is -2.35. The van der Waals surface area contributed by atoms with E-state index in [0.717, 1.165) is 0 Å². The molecule has 0 amide bonds. The molecule has 21 heavy (non-hydrogen) atoms. The van der Waals surface area contributed by atoms with E-state index < -0.39 is 0 Å². The van der Waals surface area contributed by atoms with Crippen LogP contribution in [-0.4, -0.2) is 6.54 Å². The number of rotatable bonds is 8. The van der Waals surface area contributed by atoms with E-state index in [0.29, 0.717) is 11.5 Å². The van der Waals surface area contributed by atoms with Crippen molar-refractivity contribution in [2.24, 2.45) is 5.41 Å².